The molecule has 0 saturated carbocycles. The minimum absolute atomic E-state index is 0.0299. The van der Waals surface area contributed by atoms with Crippen LogP contribution in [0.3, 0.4) is 0 Å². The lowest BCUT2D eigenvalue weighted by atomic mass is 10.2. The summed E-state index contributed by atoms with van der Waals surface area (Å²) in [7, 11) is -2.51. The van der Waals surface area contributed by atoms with E-state index in [2.05, 4.69) is 14.7 Å². The maximum Gasteiger partial charge on any atom is 0.335 e. The van der Waals surface area contributed by atoms with Gasteiger partial charge in [-0.15, -0.1) is 4.37 Å². The van der Waals surface area contributed by atoms with E-state index >= 15 is 0 Å². The molecule has 1 N–H and O–H groups in total. The van der Waals surface area contributed by atoms with E-state index < -0.39 is 21.4 Å². The predicted molar refractivity (Wildman–Crippen MR) is 105 cm³/mol. The smallest absolute Gasteiger partial charge is 0.335 e. The fraction of sp³-hybridized carbons (Fsp3) is 0.167. The number of methoxy groups -OCH3 is 1. The SMILES string of the molecule is COc1ccc(CS(=O)(=O)c2nc(Oc3ccc(NC(C)=O)cc3)ns2)cc1F. The number of hydrogen-bond donors (Lipinski definition) is 1. The van der Waals surface area contributed by atoms with Gasteiger partial charge in [-0.2, -0.15) is 4.98 Å². The molecule has 29 heavy (non-hydrogen) atoms. The Kier molecular flexibility index (Phi) is 6.09. The molecule has 152 valence electrons. The highest BCUT2D eigenvalue weighted by atomic mass is 32.2. The summed E-state index contributed by atoms with van der Waals surface area (Å²) < 4.78 is 52.8. The normalized spacial score (nSPS) is 11.1. The average molecular weight is 437 g/mol. The molecule has 1 aromatic heterocycles. The Morgan fingerprint density at radius 1 is 1.21 bits per heavy atom. The molecule has 11 heteroatoms. The number of rotatable bonds is 7. The largest absolute Gasteiger partial charge is 0.494 e. The van der Waals surface area contributed by atoms with Crippen LogP contribution in [-0.2, 0) is 20.4 Å². The minimum Gasteiger partial charge on any atom is -0.494 e. The third-order valence-electron chi connectivity index (χ3n) is 3.61. The second-order valence-corrected chi connectivity index (χ2v) is 8.79. The van der Waals surface area contributed by atoms with Crippen molar-refractivity contribution in [3.63, 3.8) is 0 Å². The third kappa shape index (κ3) is 5.27. The van der Waals surface area contributed by atoms with Gasteiger partial charge < -0.3 is 14.8 Å². The van der Waals surface area contributed by atoms with E-state index in [1.807, 2.05) is 0 Å². The van der Waals surface area contributed by atoms with Crippen molar-refractivity contribution in [1.29, 1.82) is 0 Å². The predicted octanol–water partition coefficient (Wildman–Crippen LogP) is 3.41. The molecule has 0 spiro atoms. The van der Waals surface area contributed by atoms with Crippen molar-refractivity contribution in [3.8, 4) is 17.5 Å². The highest BCUT2D eigenvalue weighted by Gasteiger charge is 2.22. The Hall–Kier alpha value is -3.05. The van der Waals surface area contributed by atoms with Gasteiger partial charge in [0.2, 0.25) is 20.1 Å². The molecule has 0 fully saturated rings. The molecule has 0 atom stereocenters. The topological polar surface area (TPSA) is 107 Å². The summed E-state index contributed by atoms with van der Waals surface area (Å²) in [4.78, 5) is 14.9. The van der Waals surface area contributed by atoms with E-state index in [1.165, 1.54) is 26.2 Å². The molecular formula is C18H16FN3O5S2. The van der Waals surface area contributed by atoms with Crippen LogP contribution in [0.5, 0.6) is 17.5 Å². The maximum atomic E-state index is 13.8. The second kappa shape index (κ2) is 8.53. The number of nitrogens with zero attached hydrogens (tertiary/aromatic N) is 2. The van der Waals surface area contributed by atoms with E-state index in [0.29, 0.717) is 23.0 Å². The van der Waals surface area contributed by atoms with E-state index in [-0.39, 0.29) is 27.6 Å². The van der Waals surface area contributed by atoms with Crippen molar-refractivity contribution in [2.45, 2.75) is 17.0 Å². The molecular weight excluding hydrogens is 421 g/mol. The molecule has 0 radical (unpaired) electrons. The summed E-state index contributed by atoms with van der Waals surface area (Å²) in [5.74, 6) is -0.885. The van der Waals surface area contributed by atoms with Gasteiger partial charge in [-0.3, -0.25) is 4.79 Å². The zero-order chi connectivity index (χ0) is 21.0. The van der Waals surface area contributed by atoms with Crippen molar-refractivity contribution >= 4 is 33.0 Å². The Morgan fingerprint density at radius 2 is 1.93 bits per heavy atom. The number of carbonyl (C=O) groups excluding carboxylic acids is 1. The molecule has 0 aliphatic rings. The number of anilines is 1. The molecule has 0 saturated heterocycles. The van der Waals surface area contributed by atoms with Crippen LogP contribution in [0.25, 0.3) is 0 Å². The summed E-state index contributed by atoms with van der Waals surface area (Å²) in [6, 6.07) is 10.2. The van der Waals surface area contributed by atoms with Crippen LogP contribution in [-0.4, -0.2) is 30.8 Å². The number of ether oxygens (including phenoxy) is 2. The van der Waals surface area contributed by atoms with Crippen LogP contribution in [0.2, 0.25) is 0 Å². The van der Waals surface area contributed by atoms with Crippen molar-refractivity contribution in [3.05, 3.63) is 53.8 Å². The van der Waals surface area contributed by atoms with E-state index in [4.69, 9.17) is 9.47 Å². The van der Waals surface area contributed by atoms with Crippen LogP contribution in [0.15, 0.2) is 46.8 Å². The van der Waals surface area contributed by atoms with Crippen molar-refractivity contribution < 1.29 is 27.1 Å². The number of nitrogens with one attached hydrogen (secondary N) is 1. The summed E-state index contributed by atoms with van der Waals surface area (Å²) in [6.45, 7) is 1.39. The summed E-state index contributed by atoms with van der Waals surface area (Å²) in [5.41, 5.74) is 0.848. The Labute approximate surface area is 170 Å². The van der Waals surface area contributed by atoms with Crippen molar-refractivity contribution in [2.24, 2.45) is 0 Å². The standard InChI is InChI=1S/C18H16FN3O5S2/c1-11(23)20-13-4-6-14(7-5-13)27-17-21-18(28-22-17)29(24,25)10-12-3-8-16(26-2)15(19)9-12/h3-9H,10H2,1-2H3,(H,20,23). The zero-order valence-electron chi connectivity index (χ0n) is 15.4. The fourth-order valence-corrected chi connectivity index (χ4v) is 4.42. The summed E-state index contributed by atoms with van der Waals surface area (Å²) >= 11 is 0.669. The van der Waals surface area contributed by atoms with E-state index in [9.17, 15) is 17.6 Å². The van der Waals surface area contributed by atoms with E-state index in [0.717, 1.165) is 6.07 Å². The number of carbonyl (C=O) groups is 1. The Bertz CT molecular complexity index is 1130. The first-order valence-electron chi connectivity index (χ1n) is 8.21. The monoisotopic (exact) mass is 437 g/mol. The van der Waals surface area contributed by atoms with Gasteiger partial charge in [-0.05, 0) is 42.0 Å². The third-order valence-corrected chi connectivity index (χ3v) is 6.43. The Morgan fingerprint density at radius 3 is 2.55 bits per heavy atom. The van der Waals surface area contributed by atoms with Crippen LogP contribution in [0.1, 0.15) is 12.5 Å². The average Bonchev–Trinajstić information content (AvgIpc) is 3.12. The van der Waals surface area contributed by atoms with Gasteiger partial charge in [-0.25, -0.2) is 12.8 Å². The number of sulfone groups is 1. The summed E-state index contributed by atoms with van der Waals surface area (Å²) in [6.07, 6.45) is 0. The molecule has 3 rings (SSSR count). The Balaban J connectivity index is 1.71. The van der Waals surface area contributed by atoms with Gasteiger partial charge in [0.15, 0.2) is 11.6 Å². The van der Waals surface area contributed by atoms with Gasteiger partial charge in [-0.1, -0.05) is 6.07 Å². The van der Waals surface area contributed by atoms with Gasteiger partial charge in [0, 0.05) is 24.1 Å². The maximum absolute atomic E-state index is 13.8. The number of hydrogen-bond acceptors (Lipinski definition) is 8. The molecule has 2 aromatic carbocycles. The first kappa shape index (κ1) is 20.7. The summed E-state index contributed by atoms with van der Waals surface area (Å²) in [5, 5.41) is 2.62. The molecule has 0 unspecified atom stereocenters. The molecule has 1 amide bonds. The lowest BCUT2D eigenvalue weighted by Crippen LogP contribution is -2.05. The van der Waals surface area contributed by atoms with Crippen molar-refractivity contribution in [1.82, 2.24) is 9.36 Å². The van der Waals surface area contributed by atoms with Crippen LogP contribution in [0.4, 0.5) is 10.1 Å². The van der Waals surface area contributed by atoms with Crippen molar-refractivity contribution in [2.75, 3.05) is 12.4 Å². The molecule has 3 aromatic rings. The molecule has 8 nitrogen and oxygen atoms in total. The van der Waals surface area contributed by atoms with Gasteiger partial charge >= 0.3 is 6.01 Å². The lowest BCUT2D eigenvalue weighted by molar-refractivity contribution is -0.114. The van der Waals surface area contributed by atoms with Crippen LogP contribution in [0, 0.1) is 5.82 Å². The minimum atomic E-state index is -3.83. The fourth-order valence-electron chi connectivity index (χ4n) is 2.36. The second-order valence-electron chi connectivity index (χ2n) is 5.88. The number of amides is 1. The molecule has 0 aliphatic carbocycles. The van der Waals surface area contributed by atoms with Gasteiger partial charge in [0.25, 0.3) is 0 Å². The van der Waals surface area contributed by atoms with Crippen LogP contribution >= 0.6 is 11.5 Å². The van der Waals surface area contributed by atoms with Gasteiger partial charge in [0.05, 0.1) is 12.9 Å². The number of benzene rings is 2. The molecule has 0 aliphatic heterocycles. The van der Waals surface area contributed by atoms with Gasteiger partial charge in [0.1, 0.15) is 5.75 Å². The number of halogens is 1. The first-order chi connectivity index (χ1) is 13.8. The zero-order valence-corrected chi connectivity index (χ0v) is 17.0. The molecule has 1 heterocycles. The first-order valence-corrected chi connectivity index (χ1v) is 10.6. The quantitative estimate of drug-likeness (QED) is 0.603. The highest BCUT2D eigenvalue weighted by molar-refractivity contribution is 7.92. The van der Waals surface area contributed by atoms with E-state index in [1.54, 1.807) is 24.3 Å². The van der Waals surface area contributed by atoms with Crippen LogP contribution < -0.4 is 14.8 Å². The lowest BCUT2D eigenvalue weighted by Gasteiger charge is -2.05. The highest BCUT2D eigenvalue weighted by Crippen LogP contribution is 2.26. The number of aromatic nitrogens is 2. The molecule has 0 bridgehead atoms.